The first-order valence-corrected chi connectivity index (χ1v) is 9.73. The Labute approximate surface area is 182 Å². The number of nitrogens with zero attached hydrogens (tertiary/aromatic N) is 4. The molecule has 4 aromatic rings. The van der Waals surface area contributed by atoms with E-state index in [4.69, 9.17) is 23.2 Å². The van der Waals surface area contributed by atoms with E-state index in [1.54, 1.807) is 41.2 Å². The lowest BCUT2D eigenvalue weighted by Crippen LogP contribution is -2.12. The summed E-state index contributed by atoms with van der Waals surface area (Å²) in [6.45, 7) is 1.82. The molecule has 0 atom stereocenters. The Morgan fingerprint density at radius 1 is 1.00 bits per heavy atom. The van der Waals surface area contributed by atoms with Crippen LogP contribution < -0.4 is 10.6 Å². The molecule has 0 saturated heterocycles. The monoisotopic (exact) mass is 438 g/mol. The lowest BCUT2D eigenvalue weighted by Gasteiger charge is -2.10. The van der Waals surface area contributed by atoms with Crippen molar-refractivity contribution in [3.8, 4) is 5.82 Å². The molecule has 2 heterocycles. The van der Waals surface area contributed by atoms with Crippen LogP contribution in [0.4, 0.5) is 17.2 Å². The van der Waals surface area contributed by atoms with E-state index in [9.17, 15) is 4.79 Å². The minimum Gasteiger partial charge on any atom is -0.340 e. The van der Waals surface area contributed by atoms with Gasteiger partial charge in [0.05, 0.1) is 10.6 Å². The summed E-state index contributed by atoms with van der Waals surface area (Å²) in [5.74, 6) is 1.58. The Bertz CT molecular complexity index is 1190. The zero-order valence-corrected chi connectivity index (χ0v) is 17.3. The number of rotatable bonds is 5. The van der Waals surface area contributed by atoms with Crippen LogP contribution in [-0.4, -0.2) is 25.7 Å². The number of benzene rings is 2. The second-order valence-electron chi connectivity index (χ2n) is 6.39. The number of amides is 1. The quantitative estimate of drug-likeness (QED) is 0.443. The molecule has 0 radical (unpaired) electrons. The summed E-state index contributed by atoms with van der Waals surface area (Å²) < 4.78 is 1.67. The third kappa shape index (κ3) is 4.59. The van der Waals surface area contributed by atoms with E-state index in [2.05, 4.69) is 25.7 Å². The second-order valence-corrected chi connectivity index (χ2v) is 7.23. The van der Waals surface area contributed by atoms with Crippen LogP contribution in [0.3, 0.4) is 0 Å². The van der Waals surface area contributed by atoms with Crippen LogP contribution >= 0.6 is 23.2 Å². The van der Waals surface area contributed by atoms with Crippen LogP contribution in [0.25, 0.3) is 5.82 Å². The molecule has 0 aliphatic heterocycles. The summed E-state index contributed by atoms with van der Waals surface area (Å²) in [5.41, 5.74) is 1.74. The predicted molar refractivity (Wildman–Crippen MR) is 118 cm³/mol. The van der Waals surface area contributed by atoms with Gasteiger partial charge in [-0.3, -0.25) is 4.79 Å². The Kier molecular flexibility index (Phi) is 5.65. The Morgan fingerprint density at radius 2 is 1.77 bits per heavy atom. The molecule has 9 heteroatoms. The fraction of sp³-hybridized carbons (Fsp3) is 0.0476. The molecule has 2 aromatic carbocycles. The Hall–Kier alpha value is -3.42. The molecule has 0 saturated carbocycles. The number of anilines is 3. The van der Waals surface area contributed by atoms with Crippen LogP contribution in [0.5, 0.6) is 0 Å². The number of aryl methyl sites for hydroxylation is 1. The highest BCUT2D eigenvalue weighted by Crippen LogP contribution is 2.23. The molecule has 7 nitrogen and oxygen atoms in total. The number of carbonyl (C=O) groups excluding carboxylic acids is 1. The number of aromatic nitrogens is 4. The molecule has 2 N–H and O–H groups in total. The first-order chi connectivity index (χ1) is 14.5. The SMILES string of the molecule is Cc1nc(Nc2ccc(NC(=O)c3cc(Cl)ccc3Cl)cc2)cc(-n2cccn2)n1. The molecule has 0 unspecified atom stereocenters. The maximum absolute atomic E-state index is 12.5. The van der Waals surface area contributed by atoms with E-state index in [0.717, 1.165) is 5.69 Å². The highest BCUT2D eigenvalue weighted by atomic mass is 35.5. The summed E-state index contributed by atoms with van der Waals surface area (Å²) in [6, 6.07) is 15.6. The van der Waals surface area contributed by atoms with Crippen molar-refractivity contribution in [3.63, 3.8) is 0 Å². The van der Waals surface area contributed by atoms with Gasteiger partial charge in [0.1, 0.15) is 11.6 Å². The molecule has 0 aliphatic rings. The molecule has 4 rings (SSSR count). The van der Waals surface area contributed by atoms with Crippen LogP contribution in [0.1, 0.15) is 16.2 Å². The molecule has 0 bridgehead atoms. The van der Waals surface area contributed by atoms with Crippen molar-refractivity contribution < 1.29 is 4.79 Å². The maximum atomic E-state index is 12.5. The van der Waals surface area contributed by atoms with E-state index >= 15 is 0 Å². The van der Waals surface area contributed by atoms with Crippen molar-refractivity contribution in [2.24, 2.45) is 0 Å². The molecular weight excluding hydrogens is 423 g/mol. The van der Waals surface area contributed by atoms with Gasteiger partial charge in [0.2, 0.25) is 0 Å². The van der Waals surface area contributed by atoms with Gasteiger partial charge >= 0.3 is 0 Å². The van der Waals surface area contributed by atoms with Gasteiger partial charge < -0.3 is 10.6 Å². The normalized spacial score (nSPS) is 10.6. The van der Waals surface area contributed by atoms with Gasteiger partial charge in [-0.2, -0.15) is 5.10 Å². The van der Waals surface area contributed by atoms with Gasteiger partial charge in [0.15, 0.2) is 5.82 Å². The zero-order valence-electron chi connectivity index (χ0n) is 15.8. The molecular formula is C21H16Cl2N6O. The van der Waals surface area contributed by atoms with E-state index < -0.39 is 0 Å². The molecule has 0 spiro atoms. The zero-order chi connectivity index (χ0) is 21.1. The summed E-state index contributed by atoms with van der Waals surface area (Å²) in [5, 5.41) is 11.0. The lowest BCUT2D eigenvalue weighted by molar-refractivity contribution is 0.102. The smallest absolute Gasteiger partial charge is 0.257 e. The molecule has 0 fully saturated rings. The summed E-state index contributed by atoms with van der Waals surface area (Å²) >= 11 is 12.0. The number of hydrogen-bond acceptors (Lipinski definition) is 5. The van der Waals surface area contributed by atoms with Crippen LogP contribution in [-0.2, 0) is 0 Å². The van der Waals surface area contributed by atoms with Gasteiger partial charge in [-0.1, -0.05) is 23.2 Å². The van der Waals surface area contributed by atoms with E-state index in [0.29, 0.717) is 38.8 Å². The first-order valence-electron chi connectivity index (χ1n) is 8.97. The molecule has 150 valence electrons. The van der Waals surface area contributed by atoms with Crippen molar-refractivity contribution in [2.45, 2.75) is 6.92 Å². The van der Waals surface area contributed by atoms with E-state index in [1.165, 1.54) is 6.07 Å². The fourth-order valence-corrected chi connectivity index (χ4v) is 3.17. The number of halogens is 2. The largest absolute Gasteiger partial charge is 0.340 e. The predicted octanol–water partition coefficient (Wildman–Crippen LogP) is 5.27. The van der Waals surface area contributed by atoms with Gasteiger partial charge in [-0.05, 0) is 55.5 Å². The number of hydrogen-bond donors (Lipinski definition) is 2. The van der Waals surface area contributed by atoms with E-state index in [1.807, 2.05) is 31.3 Å². The molecule has 2 aromatic heterocycles. The average Bonchev–Trinajstić information content (AvgIpc) is 3.26. The summed E-state index contributed by atoms with van der Waals surface area (Å²) in [6.07, 6.45) is 3.50. The van der Waals surface area contributed by atoms with Crippen LogP contribution in [0.2, 0.25) is 10.0 Å². The second kappa shape index (κ2) is 8.52. The van der Waals surface area contributed by atoms with Crippen molar-refractivity contribution in [1.29, 1.82) is 0 Å². The van der Waals surface area contributed by atoms with Gasteiger partial charge in [-0.25, -0.2) is 14.6 Å². The standard InChI is InChI=1S/C21H16Cl2N6O/c1-13-25-19(12-20(26-13)29-10-2-9-24-29)27-15-4-6-16(7-5-15)28-21(30)17-11-14(22)3-8-18(17)23/h2-12H,1H3,(H,28,30)(H,25,26,27). The van der Waals surface area contributed by atoms with Gasteiger partial charge in [0, 0.05) is 34.9 Å². The number of nitrogens with one attached hydrogen (secondary N) is 2. The number of carbonyl (C=O) groups is 1. The van der Waals surface area contributed by atoms with Crippen LogP contribution in [0, 0.1) is 6.92 Å². The third-order valence-electron chi connectivity index (χ3n) is 4.15. The summed E-state index contributed by atoms with van der Waals surface area (Å²) in [7, 11) is 0. The maximum Gasteiger partial charge on any atom is 0.257 e. The molecule has 1 amide bonds. The topological polar surface area (TPSA) is 84.7 Å². The minimum absolute atomic E-state index is 0.314. The van der Waals surface area contributed by atoms with Gasteiger partial charge in [-0.15, -0.1) is 0 Å². The van der Waals surface area contributed by atoms with Crippen molar-refractivity contribution in [1.82, 2.24) is 19.7 Å². The lowest BCUT2D eigenvalue weighted by atomic mass is 10.2. The Morgan fingerprint density at radius 3 is 2.50 bits per heavy atom. The minimum atomic E-state index is -0.335. The van der Waals surface area contributed by atoms with Gasteiger partial charge in [0.25, 0.3) is 5.91 Å². The van der Waals surface area contributed by atoms with Crippen molar-refractivity contribution in [3.05, 3.63) is 88.4 Å². The van der Waals surface area contributed by atoms with Crippen LogP contribution in [0.15, 0.2) is 67.0 Å². The highest BCUT2D eigenvalue weighted by Gasteiger charge is 2.11. The van der Waals surface area contributed by atoms with E-state index in [-0.39, 0.29) is 5.91 Å². The molecule has 30 heavy (non-hydrogen) atoms. The Balaban J connectivity index is 1.48. The first kappa shape index (κ1) is 19.9. The average molecular weight is 439 g/mol. The molecule has 0 aliphatic carbocycles. The fourth-order valence-electron chi connectivity index (χ4n) is 2.79. The summed E-state index contributed by atoms with van der Waals surface area (Å²) in [4.78, 5) is 21.3. The highest BCUT2D eigenvalue weighted by molar-refractivity contribution is 6.36. The third-order valence-corrected chi connectivity index (χ3v) is 4.72. The van der Waals surface area contributed by atoms with Crippen molar-refractivity contribution in [2.75, 3.05) is 10.6 Å². The van der Waals surface area contributed by atoms with Crippen molar-refractivity contribution >= 4 is 46.3 Å².